The third kappa shape index (κ3) is 4.72. The van der Waals surface area contributed by atoms with Gasteiger partial charge >= 0.3 is 0 Å². The van der Waals surface area contributed by atoms with Crippen molar-refractivity contribution in [3.63, 3.8) is 0 Å². The molecular weight excluding hydrogens is 156 g/mol. The molecule has 0 aromatic heterocycles. The van der Waals surface area contributed by atoms with E-state index in [0.717, 1.165) is 6.42 Å². The van der Waals surface area contributed by atoms with Crippen molar-refractivity contribution in [2.45, 2.75) is 47.0 Å². The van der Waals surface area contributed by atoms with Gasteiger partial charge in [-0.25, -0.2) is 0 Å². The molecular formula is C13H22. The Morgan fingerprint density at radius 3 is 1.85 bits per heavy atom. The van der Waals surface area contributed by atoms with Crippen LogP contribution in [0.3, 0.4) is 0 Å². The third-order valence-electron chi connectivity index (χ3n) is 2.05. The second-order valence-corrected chi connectivity index (χ2v) is 3.15. The van der Waals surface area contributed by atoms with E-state index < -0.39 is 0 Å². The molecule has 0 aliphatic heterocycles. The van der Waals surface area contributed by atoms with E-state index in [-0.39, 0.29) is 0 Å². The maximum atomic E-state index is 2.24. The van der Waals surface area contributed by atoms with Crippen LogP contribution >= 0.6 is 0 Å². The van der Waals surface area contributed by atoms with Gasteiger partial charge < -0.3 is 0 Å². The van der Waals surface area contributed by atoms with Gasteiger partial charge in [-0.2, -0.15) is 0 Å². The molecule has 0 bridgehead atoms. The number of hydrogen-bond acceptors (Lipinski definition) is 0. The van der Waals surface area contributed by atoms with E-state index in [4.69, 9.17) is 0 Å². The Hall–Kier alpha value is -0.780. The Kier molecular flexibility index (Phi) is 7.38. The Morgan fingerprint density at radius 1 is 0.923 bits per heavy atom. The van der Waals surface area contributed by atoms with Gasteiger partial charge in [0.2, 0.25) is 0 Å². The molecule has 0 atom stereocenters. The summed E-state index contributed by atoms with van der Waals surface area (Å²) in [6, 6.07) is 0. The second kappa shape index (κ2) is 7.85. The van der Waals surface area contributed by atoms with Crippen LogP contribution in [0.1, 0.15) is 47.0 Å². The molecule has 0 amide bonds. The quantitative estimate of drug-likeness (QED) is 0.538. The van der Waals surface area contributed by atoms with Gasteiger partial charge in [-0.3, -0.25) is 0 Å². The average molecular weight is 178 g/mol. The summed E-state index contributed by atoms with van der Waals surface area (Å²) in [4.78, 5) is 0. The Morgan fingerprint density at radius 2 is 1.46 bits per heavy atom. The topological polar surface area (TPSA) is 0 Å². The van der Waals surface area contributed by atoms with Gasteiger partial charge in [0.05, 0.1) is 0 Å². The van der Waals surface area contributed by atoms with Crippen molar-refractivity contribution in [3.05, 3.63) is 35.5 Å². The summed E-state index contributed by atoms with van der Waals surface area (Å²) >= 11 is 0. The summed E-state index contributed by atoms with van der Waals surface area (Å²) in [7, 11) is 0. The summed E-state index contributed by atoms with van der Waals surface area (Å²) in [5.41, 5.74) is 2.97. The van der Waals surface area contributed by atoms with Crippen LogP contribution < -0.4 is 0 Å². The molecule has 0 saturated carbocycles. The minimum absolute atomic E-state index is 1.13. The van der Waals surface area contributed by atoms with E-state index in [1.807, 2.05) is 0 Å². The zero-order chi connectivity index (χ0) is 10.1. The molecule has 0 heteroatoms. The molecule has 0 radical (unpaired) electrons. The van der Waals surface area contributed by atoms with Gasteiger partial charge in [-0.1, -0.05) is 44.6 Å². The van der Waals surface area contributed by atoms with Gasteiger partial charge in [0.25, 0.3) is 0 Å². The molecule has 0 nitrogen and oxygen atoms in total. The summed E-state index contributed by atoms with van der Waals surface area (Å²) in [6.45, 7) is 8.61. The van der Waals surface area contributed by atoms with Crippen LogP contribution in [-0.2, 0) is 0 Å². The molecule has 0 fully saturated rings. The fraction of sp³-hybridized carbons (Fsp3) is 0.538. The zero-order valence-corrected chi connectivity index (χ0v) is 9.43. The highest BCUT2D eigenvalue weighted by molar-refractivity contribution is 5.32. The number of rotatable bonds is 5. The van der Waals surface area contributed by atoms with Crippen molar-refractivity contribution in [2.75, 3.05) is 0 Å². The van der Waals surface area contributed by atoms with Crippen LogP contribution in [0.4, 0.5) is 0 Å². The monoisotopic (exact) mass is 178 g/mol. The highest BCUT2D eigenvalue weighted by atomic mass is 14.0. The molecule has 0 aromatic rings. The normalized spacial score (nSPS) is 14.2. The lowest BCUT2D eigenvalue weighted by Gasteiger charge is -2.05. The first kappa shape index (κ1) is 12.2. The Labute approximate surface area is 83.0 Å². The summed E-state index contributed by atoms with van der Waals surface area (Å²) in [5.74, 6) is 0. The van der Waals surface area contributed by atoms with E-state index >= 15 is 0 Å². The number of allylic oxidation sites excluding steroid dienone is 6. The third-order valence-corrected chi connectivity index (χ3v) is 2.05. The minimum atomic E-state index is 1.13. The molecule has 0 heterocycles. The first-order valence-electron chi connectivity index (χ1n) is 5.27. The molecule has 0 rings (SSSR count). The fourth-order valence-corrected chi connectivity index (χ4v) is 1.47. The summed E-state index contributed by atoms with van der Waals surface area (Å²) in [5, 5.41) is 0. The first-order chi connectivity index (χ1) is 6.29. The van der Waals surface area contributed by atoms with Gasteiger partial charge in [0, 0.05) is 0 Å². The maximum absolute atomic E-state index is 2.24. The van der Waals surface area contributed by atoms with Crippen molar-refractivity contribution in [1.29, 1.82) is 0 Å². The lowest BCUT2D eigenvalue weighted by atomic mass is 10.0. The van der Waals surface area contributed by atoms with Crippen molar-refractivity contribution in [3.8, 4) is 0 Å². The van der Waals surface area contributed by atoms with Crippen molar-refractivity contribution in [2.24, 2.45) is 0 Å². The predicted molar refractivity (Wildman–Crippen MR) is 61.9 cm³/mol. The lowest BCUT2D eigenvalue weighted by Crippen LogP contribution is -1.86. The number of hydrogen-bond donors (Lipinski definition) is 0. The smallest absolute Gasteiger partial charge is 0.0279 e. The standard InChI is InChI=1S/C13H22/c1-5-9-12(8-4)13(10-6-2)11-7-3/h5-6,9-10H,7-8,11H2,1-4H3/b9-5-,10-6-,13-12+. The lowest BCUT2D eigenvalue weighted by molar-refractivity contribution is 0.905. The van der Waals surface area contributed by atoms with Gasteiger partial charge in [-0.15, -0.1) is 0 Å². The van der Waals surface area contributed by atoms with Crippen LogP contribution in [-0.4, -0.2) is 0 Å². The van der Waals surface area contributed by atoms with Crippen LogP contribution in [0, 0.1) is 0 Å². The van der Waals surface area contributed by atoms with Crippen molar-refractivity contribution >= 4 is 0 Å². The second-order valence-electron chi connectivity index (χ2n) is 3.15. The van der Waals surface area contributed by atoms with E-state index in [2.05, 4.69) is 52.0 Å². The summed E-state index contributed by atoms with van der Waals surface area (Å²) < 4.78 is 0. The minimum Gasteiger partial charge on any atom is -0.0874 e. The SMILES string of the molecule is C\C=C/C(CC)=C(\C=C/C)CCC. The van der Waals surface area contributed by atoms with E-state index in [1.54, 1.807) is 0 Å². The molecule has 0 aliphatic carbocycles. The predicted octanol–water partition coefficient (Wildman–Crippen LogP) is 4.65. The average Bonchev–Trinajstić information content (AvgIpc) is 2.14. The van der Waals surface area contributed by atoms with E-state index in [0.29, 0.717) is 0 Å². The van der Waals surface area contributed by atoms with Gasteiger partial charge in [0.1, 0.15) is 0 Å². The summed E-state index contributed by atoms with van der Waals surface area (Å²) in [6.07, 6.45) is 12.3. The molecule has 0 aromatic carbocycles. The Balaban J connectivity index is 4.76. The van der Waals surface area contributed by atoms with Crippen molar-refractivity contribution in [1.82, 2.24) is 0 Å². The van der Waals surface area contributed by atoms with Crippen LogP contribution in [0.2, 0.25) is 0 Å². The molecule has 0 saturated heterocycles. The van der Waals surface area contributed by atoms with Crippen LogP contribution in [0.15, 0.2) is 35.5 Å². The molecule has 0 N–H and O–H groups in total. The molecule has 0 unspecified atom stereocenters. The molecule has 0 spiro atoms. The Bertz CT molecular complexity index is 204. The maximum Gasteiger partial charge on any atom is -0.0279 e. The fourth-order valence-electron chi connectivity index (χ4n) is 1.47. The van der Waals surface area contributed by atoms with E-state index in [1.165, 1.54) is 24.0 Å². The van der Waals surface area contributed by atoms with Crippen molar-refractivity contribution < 1.29 is 0 Å². The van der Waals surface area contributed by atoms with Crippen LogP contribution in [0.25, 0.3) is 0 Å². The van der Waals surface area contributed by atoms with Crippen LogP contribution in [0.5, 0.6) is 0 Å². The largest absolute Gasteiger partial charge is 0.0874 e. The highest BCUT2D eigenvalue weighted by Crippen LogP contribution is 2.17. The molecule has 13 heavy (non-hydrogen) atoms. The van der Waals surface area contributed by atoms with E-state index in [9.17, 15) is 0 Å². The first-order valence-corrected chi connectivity index (χ1v) is 5.27. The highest BCUT2D eigenvalue weighted by Gasteiger charge is 1.97. The molecule has 74 valence electrons. The zero-order valence-electron chi connectivity index (χ0n) is 9.43. The van der Waals surface area contributed by atoms with Gasteiger partial charge in [-0.05, 0) is 37.8 Å². The van der Waals surface area contributed by atoms with Gasteiger partial charge in [0.15, 0.2) is 0 Å². The molecule has 0 aliphatic rings.